The molecule has 0 heterocycles. The summed E-state index contributed by atoms with van der Waals surface area (Å²) in [6.45, 7) is 0.613. The maximum absolute atomic E-state index is 11.4. The molecule has 0 aliphatic carbocycles. The van der Waals surface area contributed by atoms with Gasteiger partial charge in [0.1, 0.15) is 0 Å². The minimum atomic E-state index is -1.26. The monoisotopic (exact) mass is 319 g/mol. The van der Waals surface area contributed by atoms with Crippen molar-refractivity contribution in [3.63, 3.8) is 0 Å². The maximum Gasteiger partial charge on any atom is 0.405 e. The molecule has 0 aliphatic rings. The van der Waals surface area contributed by atoms with Crippen molar-refractivity contribution in [1.29, 1.82) is 0 Å². The molecule has 1 aromatic rings. The molecule has 20 heavy (non-hydrogen) atoms. The number of Topliss-reactive ketones (excluding diaryl/α,β-unsaturated/α-hetero) is 1. The first-order valence-corrected chi connectivity index (χ1v) is 6.84. The average Bonchev–Trinajstić information content (AvgIpc) is 2.43. The molecule has 1 rings (SSSR count). The van der Waals surface area contributed by atoms with E-state index in [9.17, 15) is 9.59 Å². The summed E-state index contributed by atoms with van der Waals surface area (Å²) in [5.74, 6) is -0.605. The number of hydrogen-bond donors (Lipinski definition) is 2. The van der Waals surface area contributed by atoms with E-state index in [1.54, 1.807) is 12.1 Å². The molecule has 5 nitrogen and oxygen atoms in total. The standard InChI is InChI=1S/C13H15Cl2NO4/c14-7-12(17)11(16-13(18)19)5-6-20-8-9-1-3-10(15)4-2-9/h1-4,11,16H,5-8H2,(H,18,19). The van der Waals surface area contributed by atoms with Crippen molar-refractivity contribution in [1.82, 2.24) is 5.32 Å². The molecule has 0 aliphatic heterocycles. The molecule has 0 saturated carbocycles. The quantitative estimate of drug-likeness (QED) is 0.570. The Morgan fingerprint density at radius 3 is 2.50 bits per heavy atom. The van der Waals surface area contributed by atoms with Gasteiger partial charge in [-0.2, -0.15) is 0 Å². The second-order valence-corrected chi connectivity index (χ2v) is 4.77. The molecule has 0 bridgehead atoms. The fraction of sp³-hybridized carbons (Fsp3) is 0.385. The Bertz CT molecular complexity index is 450. The molecule has 1 atom stereocenters. The third-order valence-corrected chi connectivity index (χ3v) is 3.07. The Kier molecular flexibility index (Phi) is 7.36. The number of hydrogen-bond acceptors (Lipinski definition) is 3. The van der Waals surface area contributed by atoms with Crippen molar-refractivity contribution in [2.24, 2.45) is 0 Å². The molecule has 0 aromatic heterocycles. The zero-order valence-corrected chi connectivity index (χ0v) is 12.2. The van der Waals surface area contributed by atoms with Crippen LogP contribution in [0.2, 0.25) is 5.02 Å². The Morgan fingerprint density at radius 1 is 1.30 bits per heavy atom. The minimum absolute atomic E-state index is 0.234. The number of alkyl halides is 1. The van der Waals surface area contributed by atoms with Gasteiger partial charge in [-0.25, -0.2) is 4.79 Å². The summed E-state index contributed by atoms with van der Waals surface area (Å²) in [4.78, 5) is 22.0. The van der Waals surface area contributed by atoms with Gasteiger partial charge in [0.25, 0.3) is 0 Å². The first-order chi connectivity index (χ1) is 9.52. The SMILES string of the molecule is O=C(O)NC(CCOCc1ccc(Cl)cc1)C(=O)CCl. The molecular weight excluding hydrogens is 305 g/mol. The first-order valence-electron chi connectivity index (χ1n) is 5.93. The number of ketones is 1. The summed E-state index contributed by atoms with van der Waals surface area (Å²) < 4.78 is 5.39. The van der Waals surface area contributed by atoms with Gasteiger partial charge in [0.05, 0.1) is 18.5 Å². The van der Waals surface area contributed by atoms with E-state index in [0.717, 1.165) is 5.56 Å². The highest BCUT2D eigenvalue weighted by Crippen LogP contribution is 2.10. The predicted molar refractivity (Wildman–Crippen MR) is 76.4 cm³/mol. The van der Waals surface area contributed by atoms with E-state index in [4.69, 9.17) is 33.0 Å². The molecule has 2 N–H and O–H groups in total. The Labute approximate surface area is 126 Å². The van der Waals surface area contributed by atoms with Crippen LogP contribution in [-0.2, 0) is 16.1 Å². The first kappa shape index (κ1) is 16.8. The third-order valence-electron chi connectivity index (χ3n) is 2.55. The molecule has 110 valence electrons. The predicted octanol–water partition coefficient (Wildman–Crippen LogP) is 2.69. The summed E-state index contributed by atoms with van der Waals surface area (Å²) in [5.41, 5.74) is 0.945. The van der Waals surface area contributed by atoms with E-state index in [-0.39, 0.29) is 24.7 Å². The third kappa shape index (κ3) is 6.23. The number of halogens is 2. The van der Waals surface area contributed by atoms with E-state index in [1.165, 1.54) is 0 Å². The van der Waals surface area contributed by atoms with Crippen LogP contribution in [-0.4, -0.2) is 35.5 Å². The van der Waals surface area contributed by atoms with Crippen LogP contribution in [0.1, 0.15) is 12.0 Å². The lowest BCUT2D eigenvalue weighted by Gasteiger charge is -2.14. The Hall–Kier alpha value is -1.30. The van der Waals surface area contributed by atoms with Crippen molar-refractivity contribution in [3.05, 3.63) is 34.9 Å². The highest BCUT2D eigenvalue weighted by Gasteiger charge is 2.19. The summed E-state index contributed by atoms with van der Waals surface area (Å²) in [5, 5.41) is 11.4. The number of nitrogens with one attached hydrogen (secondary N) is 1. The number of amides is 1. The van der Waals surface area contributed by atoms with Gasteiger partial charge < -0.3 is 15.2 Å². The van der Waals surface area contributed by atoms with Gasteiger partial charge in [0.2, 0.25) is 0 Å². The van der Waals surface area contributed by atoms with E-state index < -0.39 is 12.1 Å². The zero-order chi connectivity index (χ0) is 15.0. The van der Waals surface area contributed by atoms with Crippen LogP contribution in [0.25, 0.3) is 0 Å². The van der Waals surface area contributed by atoms with E-state index in [0.29, 0.717) is 11.6 Å². The normalized spacial score (nSPS) is 11.9. The Balaban J connectivity index is 2.34. The smallest absolute Gasteiger partial charge is 0.405 e. The molecule has 1 aromatic carbocycles. The summed E-state index contributed by atoms with van der Waals surface area (Å²) >= 11 is 11.2. The van der Waals surface area contributed by atoms with Gasteiger partial charge >= 0.3 is 6.09 Å². The van der Waals surface area contributed by atoms with E-state index in [1.807, 2.05) is 12.1 Å². The number of carbonyl (C=O) groups excluding carboxylic acids is 1. The van der Waals surface area contributed by atoms with Gasteiger partial charge in [-0.1, -0.05) is 23.7 Å². The van der Waals surface area contributed by atoms with Crippen LogP contribution in [0.4, 0.5) is 4.79 Å². The highest BCUT2D eigenvalue weighted by molar-refractivity contribution is 6.30. The van der Waals surface area contributed by atoms with Crippen LogP contribution >= 0.6 is 23.2 Å². The van der Waals surface area contributed by atoms with Gasteiger partial charge in [-0.05, 0) is 24.1 Å². The van der Waals surface area contributed by atoms with Crippen LogP contribution < -0.4 is 5.32 Å². The number of rotatable bonds is 8. The average molecular weight is 320 g/mol. The lowest BCUT2D eigenvalue weighted by atomic mass is 10.1. The summed E-state index contributed by atoms with van der Waals surface area (Å²) in [7, 11) is 0. The van der Waals surface area contributed by atoms with Crippen LogP contribution in [0.5, 0.6) is 0 Å². The lowest BCUT2D eigenvalue weighted by Crippen LogP contribution is -2.41. The molecule has 1 amide bonds. The van der Waals surface area contributed by atoms with Crippen molar-refractivity contribution in [3.8, 4) is 0 Å². The fourth-order valence-corrected chi connectivity index (χ4v) is 1.84. The number of carboxylic acid groups (broad SMARTS) is 1. The highest BCUT2D eigenvalue weighted by atomic mass is 35.5. The van der Waals surface area contributed by atoms with Crippen molar-refractivity contribution >= 4 is 35.1 Å². The van der Waals surface area contributed by atoms with Gasteiger partial charge in [0, 0.05) is 11.6 Å². The summed E-state index contributed by atoms with van der Waals surface area (Å²) in [6, 6.07) is 6.34. The molecule has 1 unspecified atom stereocenters. The topological polar surface area (TPSA) is 75.6 Å². The second kappa shape index (κ2) is 8.79. The molecular formula is C13H15Cl2NO4. The van der Waals surface area contributed by atoms with E-state index in [2.05, 4.69) is 5.32 Å². The minimum Gasteiger partial charge on any atom is -0.465 e. The summed E-state index contributed by atoms with van der Waals surface area (Å²) in [6.07, 6.45) is -1.02. The van der Waals surface area contributed by atoms with Crippen molar-refractivity contribution in [2.45, 2.75) is 19.1 Å². The van der Waals surface area contributed by atoms with Gasteiger partial charge in [-0.15, -0.1) is 11.6 Å². The Morgan fingerprint density at radius 2 is 1.95 bits per heavy atom. The fourth-order valence-electron chi connectivity index (χ4n) is 1.53. The van der Waals surface area contributed by atoms with Gasteiger partial charge in [0.15, 0.2) is 5.78 Å². The molecule has 0 fully saturated rings. The molecule has 0 spiro atoms. The van der Waals surface area contributed by atoms with Crippen molar-refractivity contribution < 1.29 is 19.4 Å². The number of ether oxygens (including phenoxy) is 1. The van der Waals surface area contributed by atoms with Crippen molar-refractivity contribution in [2.75, 3.05) is 12.5 Å². The van der Waals surface area contributed by atoms with E-state index >= 15 is 0 Å². The number of benzene rings is 1. The van der Waals surface area contributed by atoms with Crippen LogP contribution in [0.3, 0.4) is 0 Å². The molecule has 0 saturated heterocycles. The largest absolute Gasteiger partial charge is 0.465 e. The van der Waals surface area contributed by atoms with Crippen LogP contribution in [0.15, 0.2) is 24.3 Å². The van der Waals surface area contributed by atoms with Crippen LogP contribution in [0, 0.1) is 0 Å². The molecule has 7 heteroatoms. The lowest BCUT2D eigenvalue weighted by molar-refractivity contribution is -0.119. The second-order valence-electron chi connectivity index (χ2n) is 4.07. The molecule has 0 radical (unpaired) electrons. The zero-order valence-electron chi connectivity index (χ0n) is 10.6. The van der Waals surface area contributed by atoms with Gasteiger partial charge in [-0.3, -0.25) is 4.79 Å². The number of carbonyl (C=O) groups is 2. The maximum atomic E-state index is 11.4.